The van der Waals surface area contributed by atoms with E-state index in [1.807, 2.05) is 12.1 Å². The highest BCUT2D eigenvalue weighted by Gasteiger charge is 2.31. The van der Waals surface area contributed by atoms with Crippen molar-refractivity contribution in [3.63, 3.8) is 0 Å². The number of likely N-dealkylation sites (tertiary alicyclic amines) is 1. The molecule has 0 radical (unpaired) electrons. The molecule has 1 heterocycles. The molecule has 0 aliphatic carbocycles. The summed E-state index contributed by atoms with van der Waals surface area (Å²) in [7, 11) is 0. The van der Waals surface area contributed by atoms with Crippen molar-refractivity contribution in [2.75, 3.05) is 32.7 Å². The number of aliphatic hydroxyl groups excluding tert-OH is 2. The molecule has 0 saturated carbocycles. The number of nitriles is 2. The highest BCUT2D eigenvalue weighted by atomic mass is 16.3. The smallest absolute Gasteiger partial charge is 0.236 e. The molecule has 1 saturated heterocycles. The molecule has 7 heteroatoms. The Morgan fingerprint density at radius 2 is 1.63 bits per heavy atom. The van der Waals surface area contributed by atoms with Crippen molar-refractivity contribution in [3.8, 4) is 12.1 Å². The van der Waals surface area contributed by atoms with E-state index >= 15 is 0 Å². The number of hydrogen-bond donors (Lipinski definition) is 2. The van der Waals surface area contributed by atoms with Crippen LogP contribution in [0.1, 0.15) is 12.8 Å². The zero-order chi connectivity index (χ0) is 14.3. The minimum atomic E-state index is -0.820. The summed E-state index contributed by atoms with van der Waals surface area (Å²) in [4.78, 5) is 15.2. The number of amides is 1. The summed E-state index contributed by atoms with van der Waals surface area (Å²) in [6.07, 6.45) is -1.19. The molecule has 1 aliphatic heterocycles. The van der Waals surface area contributed by atoms with E-state index in [1.165, 1.54) is 4.90 Å². The lowest BCUT2D eigenvalue weighted by Gasteiger charge is -2.23. The van der Waals surface area contributed by atoms with Crippen LogP contribution in [0.15, 0.2) is 0 Å². The highest BCUT2D eigenvalue weighted by Crippen LogP contribution is 2.10. The summed E-state index contributed by atoms with van der Waals surface area (Å²) < 4.78 is 0. The molecule has 2 atom stereocenters. The number of nitrogens with zero attached hydrogens (tertiary/aromatic N) is 4. The van der Waals surface area contributed by atoms with Gasteiger partial charge >= 0.3 is 0 Å². The molecule has 0 bridgehead atoms. The van der Waals surface area contributed by atoms with Crippen molar-refractivity contribution >= 4 is 5.91 Å². The molecule has 19 heavy (non-hydrogen) atoms. The second-order valence-electron chi connectivity index (χ2n) is 4.53. The molecular formula is C12H18N4O3. The van der Waals surface area contributed by atoms with Crippen LogP contribution < -0.4 is 0 Å². The Morgan fingerprint density at radius 1 is 1.16 bits per heavy atom. The third kappa shape index (κ3) is 4.84. The third-order valence-corrected chi connectivity index (χ3v) is 3.03. The Labute approximate surface area is 112 Å². The Bertz CT molecular complexity index is 359. The maximum Gasteiger partial charge on any atom is 0.236 e. The topological polar surface area (TPSA) is 112 Å². The van der Waals surface area contributed by atoms with E-state index in [-0.39, 0.29) is 38.4 Å². The Morgan fingerprint density at radius 3 is 2.05 bits per heavy atom. The van der Waals surface area contributed by atoms with Crippen molar-refractivity contribution in [1.82, 2.24) is 9.80 Å². The van der Waals surface area contributed by atoms with Crippen LogP contribution in [0.3, 0.4) is 0 Å². The van der Waals surface area contributed by atoms with Gasteiger partial charge < -0.3 is 15.1 Å². The van der Waals surface area contributed by atoms with Crippen LogP contribution in [0, 0.1) is 22.7 Å². The van der Waals surface area contributed by atoms with Crippen LogP contribution in [0.2, 0.25) is 0 Å². The van der Waals surface area contributed by atoms with E-state index in [0.29, 0.717) is 13.1 Å². The van der Waals surface area contributed by atoms with Gasteiger partial charge in [-0.15, -0.1) is 0 Å². The molecule has 0 aromatic heterocycles. The van der Waals surface area contributed by atoms with Crippen molar-refractivity contribution in [3.05, 3.63) is 0 Å². The Hall–Kier alpha value is -1.67. The summed E-state index contributed by atoms with van der Waals surface area (Å²) in [6, 6.07) is 3.93. The molecule has 104 valence electrons. The van der Waals surface area contributed by atoms with E-state index in [2.05, 4.69) is 0 Å². The van der Waals surface area contributed by atoms with E-state index in [0.717, 1.165) is 0 Å². The SMILES string of the molecule is N#CCCN(CCC#N)C(=O)CN1CC(O)C(O)C1. The molecule has 0 spiro atoms. The molecule has 2 N–H and O–H groups in total. The first-order valence-corrected chi connectivity index (χ1v) is 6.18. The molecule has 2 unspecified atom stereocenters. The van der Waals surface area contributed by atoms with Gasteiger partial charge in [-0.2, -0.15) is 10.5 Å². The maximum atomic E-state index is 12.0. The molecule has 1 rings (SSSR count). The lowest BCUT2D eigenvalue weighted by atomic mass is 10.3. The summed E-state index contributed by atoms with van der Waals surface area (Å²) >= 11 is 0. The lowest BCUT2D eigenvalue weighted by molar-refractivity contribution is -0.132. The number of hydrogen-bond acceptors (Lipinski definition) is 6. The Balaban J connectivity index is 2.47. The predicted octanol–water partition coefficient (Wildman–Crippen LogP) is -1.32. The minimum absolute atomic E-state index is 0.0883. The van der Waals surface area contributed by atoms with Gasteiger partial charge in [0.15, 0.2) is 0 Å². The van der Waals surface area contributed by atoms with E-state index in [1.54, 1.807) is 4.90 Å². The largest absolute Gasteiger partial charge is 0.389 e. The number of β-amino-alcohol motifs (C(OH)–C–C–N with tert-alkyl or cyclic N) is 2. The fraction of sp³-hybridized carbons (Fsp3) is 0.750. The summed E-state index contributed by atoms with van der Waals surface area (Å²) in [6.45, 7) is 1.21. The van der Waals surface area contributed by atoms with Crippen LogP contribution in [-0.2, 0) is 4.79 Å². The molecule has 1 amide bonds. The fourth-order valence-corrected chi connectivity index (χ4v) is 2.00. The van der Waals surface area contributed by atoms with Crippen molar-refractivity contribution in [2.24, 2.45) is 0 Å². The first kappa shape index (κ1) is 15.4. The average molecular weight is 266 g/mol. The van der Waals surface area contributed by atoms with Gasteiger partial charge in [0, 0.05) is 26.2 Å². The van der Waals surface area contributed by atoms with Crippen molar-refractivity contribution in [1.29, 1.82) is 10.5 Å². The molecule has 1 fully saturated rings. The summed E-state index contributed by atoms with van der Waals surface area (Å²) in [5.41, 5.74) is 0. The van der Waals surface area contributed by atoms with E-state index in [9.17, 15) is 15.0 Å². The van der Waals surface area contributed by atoms with Gasteiger partial charge in [-0.3, -0.25) is 9.69 Å². The van der Waals surface area contributed by atoms with Crippen molar-refractivity contribution < 1.29 is 15.0 Å². The second kappa shape index (κ2) is 7.70. The van der Waals surface area contributed by atoms with Gasteiger partial charge in [-0.05, 0) is 0 Å². The maximum absolute atomic E-state index is 12.0. The molecular weight excluding hydrogens is 248 g/mol. The number of aliphatic hydroxyl groups is 2. The van der Waals surface area contributed by atoms with Crippen LogP contribution >= 0.6 is 0 Å². The number of carbonyl (C=O) groups excluding carboxylic acids is 1. The fourth-order valence-electron chi connectivity index (χ4n) is 2.00. The van der Waals surface area contributed by atoms with Gasteiger partial charge in [0.2, 0.25) is 5.91 Å². The van der Waals surface area contributed by atoms with Crippen LogP contribution in [-0.4, -0.2) is 70.9 Å². The first-order chi connectivity index (χ1) is 9.08. The number of carbonyl (C=O) groups is 1. The van der Waals surface area contributed by atoms with Gasteiger partial charge in [0.25, 0.3) is 0 Å². The highest BCUT2D eigenvalue weighted by molar-refractivity contribution is 5.78. The molecule has 7 nitrogen and oxygen atoms in total. The quantitative estimate of drug-likeness (QED) is 0.616. The van der Waals surface area contributed by atoms with Crippen molar-refractivity contribution in [2.45, 2.75) is 25.0 Å². The lowest BCUT2D eigenvalue weighted by Crippen LogP contribution is -2.41. The van der Waals surface area contributed by atoms with Gasteiger partial charge in [-0.1, -0.05) is 0 Å². The zero-order valence-electron chi connectivity index (χ0n) is 10.7. The molecule has 1 aliphatic rings. The first-order valence-electron chi connectivity index (χ1n) is 6.18. The summed E-state index contributed by atoms with van der Waals surface area (Å²) in [5, 5.41) is 35.9. The van der Waals surface area contributed by atoms with Crippen LogP contribution in [0.4, 0.5) is 0 Å². The Kier molecular flexibility index (Phi) is 6.23. The van der Waals surface area contributed by atoms with E-state index in [4.69, 9.17) is 10.5 Å². The number of rotatable bonds is 6. The monoisotopic (exact) mass is 266 g/mol. The van der Waals surface area contributed by atoms with Crippen LogP contribution in [0.25, 0.3) is 0 Å². The van der Waals surface area contributed by atoms with E-state index < -0.39 is 12.2 Å². The van der Waals surface area contributed by atoms with Gasteiger partial charge in [0.1, 0.15) is 0 Å². The summed E-state index contributed by atoms with van der Waals surface area (Å²) in [5.74, 6) is -0.188. The molecule has 0 aromatic carbocycles. The predicted molar refractivity (Wildman–Crippen MR) is 65.5 cm³/mol. The average Bonchev–Trinajstić information content (AvgIpc) is 2.68. The second-order valence-corrected chi connectivity index (χ2v) is 4.53. The van der Waals surface area contributed by atoms with Crippen LogP contribution in [0.5, 0.6) is 0 Å². The van der Waals surface area contributed by atoms with Gasteiger partial charge in [0.05, 0.1) is 43.7 Å². The van der Waals surface area contributed by atoms with Gasteiger partial charge in [-0.25, -0.2) is 0 Å². The standard InChI is InChI=1S/C12H18N4O3/c13-3-1-5-16(6-2-4-14)12(19)9-15-7-10(17)11(18)8-15/h10-11,17-18H,1-2,5-9H2. The normalized spacial score (nSPS) is 22.7. The minimum Gasteiger partial charge on any atom is -0.389 e. The third-order valence-electron chi connectivity index (χ3n) is 3.03. The molecule has 0 aromatic rings. The zero-order valence-corrected chi connectivity index (χ0v) is 10.7.